The maximum atomic E-state index is 10.6. The van der Waals surface area contributed by atoms with Crippen molar-refractivity contribution in [2.75, 3.05) is 0 Å². The number of hydrogen-bond acceptors (Lipinski definition) is 3. The summed E-state index contributed by atoms with van der Waals surface area (Å²) in [6.45, 7) is 1.57. The molecule has 48 valence electrons. The maximum absolute atomic E-state index is 10.6. The third kappa shape index (κ3) is 0.910. The van der Waals surface area contributed by atoms with Crippen LogP contribution in [0.1, 0.15) is 5.69 Å². The first-order valence-corrected chi connectivity index (χ1v) is 2.45. The molecular weight excluding hydrogens is 120 g/mol. The fourth-order valence-electron chi connectivity index (χ4n) is 0.497. The molecule has 1 aromatic heterocycles. The van der Waals surface area contributed by atoms with Crippen molar-refractivity contribution in [2.45, 2.75) is 6.92 Å². The van der Waals surface area contributed by atoms with Crippen molar-refractivity contribution in [1.29, 1.82) is 0 Å². The van der Waals surface area contributed by atoms with Crippen molar-refractivity contribution in [3.8, 4) is 5.88 Å². The summed E-state index contributed by atoms with van der Waals surface area (Å²) in [5.74, 6) is -0.366. The number of aryl methyl sites for hydroxylation is 1. The first-order chi connectivity index (χ1) is 4.22. The normalized spacial score (nSPS) is 9.44. The van der Waals surface area contributed by atoms with Crippen molar-refractivity contribution in [1.82, 2.24) is 4.98 Å². The largest absolute Gasteiger partial charge is 0.616 e. The Bertz CT molecular complexity index is 204. The zero-order chi connectivity index (χ0) is 6.85. The van der Waals surface area contributed by atoms with Crippen LogP contribution in [0.2, 0.25) is 0 Å². The number of nitrogens with zero attached hydrogens (tertiary/aromatic N) is 2. The van der Waals surface area contributed by atoms with Gasteiger partial charge in [0.05, 0.1) is 6.20 Å². The average Bonchev–Trinajstić information content (AvgIpc) is 1.83. The van der Waals surface area contributed by atoms with Gasteiger partial charge in [-0.15, -0.1) is 4.73 Å². The van der Waals surface area contributed by atoms with Gasteiger partial charge in [0.25, 0.3) is 0 Å². The second kappa shape index (κ2) is 1.89. The molecule has 4 heteroatoms. The van der Waals surface area contributed by atoms with Gasteiger partial charge in [-0.25, -0.2) is 4.98 Å². The van der Waals surface area contributed by atoms with Crippen molar-refractivity contribution in [2.24, 2.45) is 0 Å². The van der Waals surface area contributed by atoms with E-state index in [1.807, 2.05) is 0 Å². The second-order valence-electron chi connectivity index (χ2n) is 1.70. The van der Waals surface area contributed by atoms with E-state index in [1.54, 1.807) is 6.92 Å². The van der Waals surface area contributed by atoms with Crippen LogP contribution in [0.3, 0.4) is 0 Å². The first-order valence-electron chi connectivity index (χ1n) is 2.45. The highest BCUT2D eigenvalue weighted by Gasteiger charge is 2.02. The standard InChI is InChI=1S/C5H6N2O2/c1-4-2-6-3-5(8)7(4)9/h2-3,8H,1H3. The van der Waals surface area contributed by atoms with Gasteiger partial charge in [-0.1, -0.05) is 0 Å². The lowest BCUT2D eigenvalue weighted by atomic mass is 10.5. The van der Waals surface area contributed by atoms with Crippen molar-refractivity contribution >= 4 is 0 Å². The Kier molecular flexibility index (Phi) is 1.22. The Balaban J connectivity index is 3.25. The summed E-state index contributed by atoms with van der Waals surface area (Å²) >= 11 is 0. The Morgan fingerprint density at radius 1 is 1.67 bits per heavy atom. The number of aromatic nitrogens is 2. The first kappa shape index (κ1) is 5.81. The van der Waals surface area contributed by atoms with Gasteiger partial charge in [0.1, 0.15) is 6.20 Å². The summed E-state index contributed by atoms with van der Waals surface area (Å²) in [5, 5.41) is 19.3. The molecule has 0 fully saturated rings. The highest BCUT2D eigenvalue weighted by atomic mass is 16.5. The average molecular weight is 126 g/mol. The van der Waals surface area contributed by atoms with Crippen LogP contribution < -0.4 is 4.73 Å². The van der Waals surface area contributed by atoms with E-state index in [4.69, 9.17) is 5.11 Å². The van der Waals surface area contributed by atoms with Gasteiger partial charge in [-0.2, -0.15) is 0 Å². The molecule has 0 aromatic carbocycles. The molecule has 1 N–H and O–H groups in total. The van der Waals surface area contributed by atoms with E-state index in [0.717, 1.165) is 6.20 Å². The Morgan fingerprint density at radius 2 is 2.33 bits per heavy atom. The Labute approximate surface area is 52.0 Å². The van der Waals surface area contributed by atoms with Crippen molar-refractivity contribution in [3.63, 3.8) is 0 Å². The van der Waals surface area contributed by atoms with E-state index in [0.29, 0.717) is 10.4 Å². The van der Waals surface area contributed by atoms with Gasteiger partial charge in [0.2, 0.25) is 5.69 Å². The minimum atomic E-state index is -0.366. The number of aromatic hydroxyl groups is 1. The van der Waals surface area contributed by atoms with Crippen LogP contribution in [-0.2, 0) is 0 Å². The molecule has 1 heterocycles. The molecule has 0 saturated heterocycles. The molecule has 0 aliphatic heterocycles. The van der Waals surface area contributed by atoms with Crippen LogP contribution in [0.5, 0.6) is 5.88 Å². The summed E-state index contributed by atoms with van der Waals surface area (Å²) < 4.78 is 0.410. The predicted octanol–water partition coefficient (Wildman–Crippen LogP) is -0.271. The molecule has 0 amide bonds. The zero-order valence-corrected chi connectivity index (χ0v) is 4.90. The van der Waals surface area contributed by atoms with Crippen LogP contribution in [-0.4, -0.2) is 10.1 Å². The smallest absolute Gasteiger partial charge is 0.396 e. The van der Waals surface area contributed by atoms with E-state index < -0.39 is 0 Å². The fraction of sp³-hybridized carbons (Fsp3) is 0.200. The monoisotopic (exact) mass is 126 g/mol. The van der Waals surface area contributed by atoms with Gasteiger partial charge in [0, 0.05) is 6.92 Å². The molecule has 0 saturated carbocycles. The molecular formula is C5H6N2O2. The van der Waals surface area contributed by atoms with Crippen LogP contribution >= 0.6 is 0 Å². The molecule has 1 aromatic rings. The van der Waals surface area contributed by atoms with Gasteiger partial charge in [-0.05, 0) is 0 Å². The minimum absolute atomic E-state index is 0.366. The maximum Gasteiger partial charge on any atom is 0.396 e. The van der Waals surface area contributed by atoms with Gasteiger partial charge in [0.15, 0.2) is 0 Å². The Morgan fingerprint density at radius 3 is 2.78 bits per heavy atom. The summed E-state index contributed by atoms with van der Waals surface area (Å²) in [6, 6.07) is 0. The zero-order valence-electron chi connectivity index (χ0n) is 4.90. The molecule has 0 bridgehead atoms. The van der Waals surface area contributed by atoms with Gasteiger partial charge in [-0.3, -0.25) is 0 Å². The second-order valence-corrected chi connectivity index (χ2v) is 1.70. The molecule has 0 aliphatic carbocycles. The topological polar surface area (TPSA) is 60.1 Å². The van der Waals surface area contributed by atoms with E-state index in [2.05, 4.69) is 4.98 Å². The number of hydrogen-bond donors (Lipinski definition) is 1. The molecule has 0 unspecified atom stereocenters. The van der Waals surface area contributed by atoms with Gasteiger partial charge < -0.3 is 10.3 Å². The molecule has 0 atom stereocenters. The third-order valence-corrected chi connectivity index (χ3v) is 0.980. The quantitative estimate of drug-likeness (QED) is 0.384. The molecule has 0 spiro atoms. The summed E-state index contributed by atoms with van der Waals surface area (Å²) in [6.07, 6.45) is 2.48. The van der Waals surface area contributed by atoms with Crippen LogP contribution in [0.4, 0.5) is 0 Å². The lowest BCUT2D eigenvalue weighted by molar-refractivity contribution is -0.620. The van der Waals surface area contributed by atoms with Crippen LogP contribution in [0.25, 0.3) is 0 Å². The predicted molar refractivity (Wildman–Crippen MR) is 29.6 cm³/mol. The van der Waals surface area contributed by atoms with Crippen molar-refractivity contribution in [3.05, 3.63) is 23.3 Å². The molecule has 0 radical (unpaired) electrons. The number of rotatable bonds is 0. The highest BCUT2D eigenvalue weighted by molar-refractivity contribution is 4.94. The van der Waals surface area contributed by atoms with Crippen molar-refractivity contribution < 1.29 is 9.84 Å². The van der Waals surface area contributed by atoms with E-state index in [9.17, 15) is 5.21 Å². The lowest BCUT2D eigenvalue weighted by Crippen LogP contribution is -2.29. The third-order valence-electron chi connectivity index (χ3n) is 0.980. The molecule has 9 heavy (non-hydrogen) atoms. The minimum Gasteiger partial charge on any atom is -0.616 e. The SMILES string of the molecule is Cc1cncc(O)[n+]1[O-]. The van der Waals surface area contributed by atoms with Crippen LogP contribution in [0.15, 0.2) is 12.4 Å². The van der Waals surface area contributed by atoms with E-state index >= 15 is 0 Å². The highest BCUT2D eigenvalue weighted by Crippen LogP contribution is 1.95. The lowest BCUT2D eigenvalue weighted by Gasteiger charge is -1.98. The molecule has 0 aliphatic rings. The summed E-state index contributed by atoms with van der Waals surface area (Å²) in [4.78, 5) is 3.57. The van der Waals surface area contributed by atoms with Gasteiger partial charge >= 0.3 is 5.88 Å². The van der Waals surface area contributed by atoms with Crippen LogP contribution in [0, 0.1) is 12.1 Å². The summed E-state index contributed by atoms with van der Waals surface area (Å²) in [7, 11) is 0. The fourth-order valence-corrected chi connectivity index (χ4v) is 0.497. The Hall–Kier alpha value is -1.32. The molecule has 4 nitrogen and oxygen atoms in total. The summed E-state index contributed by atoms with van der Waals surface area (Å²) in [5.41, 5.74) is 0.384. The van der Waals surface area contributed by atoms with E-state index in [1.165, 1.54) is 6.20 Å². The molecule has 1 rings (SSSR count). The van der Waals surface area contributed by atoms with E-state index in [-0.39, 0.29) is 5.88 Å².